The van der Waals surface area contributed by atoms with E-state index in [1.165, 1.54) is 17.5 Å². The summed E-state index contributed by atoms with van der Waals surface area (Å²) in [6.07, 6.45) is 2.35. The fourth-order valence-electron chi connectivity index (χ4n) is 3.49. The third-order valence-electron chi connectivity index (χ3n) is 4.85. The molecule has 3 aromatic rings. The Morgan fingerprint density at radius 1 is 1.31 bits per heavy atom. The van der Waals surface area contributed by atoms with Gasteiger partial charge in [0.15, 0.2) is 10.8 Å². The number of nitrogens with zero attached hydrogens (tertiary/aromatic N) is 4. The Morgan fingerprint density at radius 2 is 2.15 bits per heavy atom. The zero-order chi connectivity index (χ0) is 18.1. The SMILES string of the molecule is COc1cccc(OCC2CCCN(c3nc4c(s3)c(C)nn4C)C2)c1. The van der Waals surface area contributed by atoms with Gasteiger partial charge in [0.25, 0.3) is 0 Å². The largest absolute Gasteiger partial charge is 0.497 e. The van der Waals surface area contributed by atoms with Crippen LogP contribution < -0.4 is 14.4 Å². The number of aryl methyl sites for hydroxylation is 2. The monoisotopic (exact) mass is 372 g/mol. The molecular weight excluding hydrogens is 348 g/mol. The number of anilines is 1. The summed E-state index contributed by atoms with van der Waals surface area (Å²) in [5.74, 6) is 2.19. The molecule has 1 aliphatic rings. The van der Waals surface area contributed by atoms with Crippen LogP contribution in [0.1, 0.15) is 18.5 Å². The van der Waals surface area contributed by atoms with Gasteiger partial charge in [-0.3, -0.25) is 0 Å². The minimum absolute atomic E-state index is 0.501. The number of hydrogen-bond acceptors (Lipinski definition) is 6. The van der Waals surface area contributed by atoms with Gasteiger partial charge in [-0.2, -0.15) is 5.10 Å². The van der Waals surface area contributed by atoms with E-state index in [0.29, 0.717) is 5.92 Å². The fraction of sp³-hybridized carbons (Fsp3) is 0.474. The number of benzene rings is 1. The number of thiazole rings is 1. The molecule has 0 amide bonds. The third-order valence-corrected chi connectivity index (χ3v) is 6.06. The van der Waals surface area contributed by atoms with Crippen molar-refractivity contribution in [1.82, 2.24) is 14.8 Å². The molecule has 0 N–H and O–H groups in total. The van der Waals surface area contributed by atoms with Gasteiger partial charge in [0, 0.05) is 32.1 Å². The van der Waals surface area contributed by atoms with Crippen LogP contribution in [-0.4, -0.2) is 41.6 Å². The van der Waals surface area contributed by atoms with Crippen LogP contribution in [-0.2, 0) is 7.05 Å². The van der Waals surface area contributed by atoms with Crippen LogP contribution in [0.4, 0.5) is 5.13 Å². The Kier molecular flexibility index (Phi) is 4.72. The van der Waals surface area contributed by atoms with Crippen LogP contribution in [0.25, 0.3) is 10.3 Å². The average Bonchev–Trinajstić information content (AvgIpc) is 3.22. The summed E-state index contributed by atoms with van der Waals surface area (Å²) in [6.45, 7) is 4.80. The van der Waals surface area contributed by atoms with Crippen molar-refractivity contribution in [2.45, 2.75) is 19.8 Å². The lowest BCUT2D eigenvalue weighted by Crippen LogP contribution is -2.37. The van der Waals surface area contributed by atoms with Crippen molar-refractivity contribution in [3.05, 3.63) is 30.0 Å². The minimum Gasteiger partial charge on any atom is -0.497 e. The number of piperidine rings is 1. The predicted molar refractivity (Wildman–Crippen MR) is 105 cm³/mol. The summed E-state index contributed by atoms with van der Waals surface area (Å²) in [7, 11) is 3.63. The molecule has 2 aromatic heterocycles. The van der Waals surface area contributed by atoms with Crippen LogP contribution in [0.15, 0.2) is 24.3 Å². The molecular formula is C19H24N4O2S. The van der Waals surface area contributed by atoms with E-state index in [1.54, 1.807) is 18.4 Å². The highest BCUT2D eigenvalue weighted by molar-refractivity contribution is 7.22. The maximum Gasteiger partial charge on any atom is 0.188 e. The topological polar surface area (TPSA) is 52.4 Å². The Bertz CT molecular complexity index is 870. The Labute approximate surface area is 157 Å². The van der Waals surface area contributed by atoms with E-state index in [-0.39, 0.29) is 0 Å². The third kappa shape index (κ3) is 3.35. The van der Waals surface area contributed by atoms with Crippen molar-refractivity contribution < 1.29 is 9.47 Å². The van der Waals surface area contributed by atoms with Gasteiger partial charge in [-0.05, 0) is 31.9 Å². The van der Waals surface area contributed by atoms with E-state index in [2.05, 4.69) is 10.00 Å². The summed E-state index contributed by atoms with van der Waals surface area (Å²) in [6, 6.07) is 7.80. The van der Waals surface area contributed by atoms with Gasteiger partial charge in [-0.1, -0.05) is 17.4 Å². The van der Waals surface area contributed by atoms with Gasteiger partial charge in [0.2, 0.25) is 0 Å². The molecule has 138 valence electrons. The van der Waals surface area contributed by atoms with Crippen molar-refractivity contribution in [1.29, 1.82) is 0 Å². The number of hydrogen-bond donors (Lipinski definition) is 0. The Hall–Kier alpha value is -2.28. The highest BCUT2D eigenvalue weighted by atomic mass is 32.1. The first kappa shape index (κ1) is 17.1. The standard InChI is InChI=1S/C19H24N4O2S/c1-13-17-18(22(2)21-13)20-19(26-17)23-9-5-6-14(11-23)12-25-16-8-4-7-15(10-16)24-3/h4,7-8,10,14H,5-6,9,11-12H2,1-3H3. The molecule has 0 bridgehead atoms. The van der Waals surface area contributed by atoms with Crippen molar-refractivity contribution in [3.8, 4) is 11.5 Å². The maximum atomic E-state index is 6.02. The van der Waals surface area contributed by atoms with Gasteiger partial charge < -0.3 is 14.4 Å². The van der Waals surface area contributed by atoms with Gasteiger partial charge in [-0.25, -0.2) is 9.67 Å². The van der Waals surface area contributed by atoms with E-state index in [0.717, 1.165) is 47.7 Å². The number of rotatable bonds is 5. The first-order valence-corrected chi connectivity index (χ1v) is 9.77. The second-order valence-electron chi connectivity index (χ2n) is 6.80. The predicted octanol–water partition coefficient (Wildman–Crippen LogP) is 3.64. The van der Waals surface area contributed by atoms with Gasteiger partial charge in [-0.15, -0.1) is 0 Å². The van der Waals surface area contributed by atoms with Gasteiger partial charge in [0.1, 0.15) is 11.5 Å². The van der Waals surface area contributed by atoms with Crippen molar-refractivity contribution in [2.24, 2.45) is 13.0 Å². The Morgan fingerprint density at radius 3 is 2.96 bits per heavy atom. The summed E-state index contributed by atoms with van der Waals surface area (Å²) in [5, 5.41) is 5.54. The molecule has 1 fully saturated rings. The summed E-state index contributed by atoms with van der Waals surface area (Å²) in [5.41, 5.74) is 2.04. The normalized spacial score (nSPS) is 17.7. The quantitative estimate of drug-likeness (QED) is 0.684. The molecule has 4 rings (SSSR count). The molecule has 1 atom stereocenters. The summed E-state index contributed by atoms with van der Waals surface area (Å²) in [4.78, 5) is 7.22. The molecule has 6 nitrogen and oxygen atoms in total. The summed E-state index contributed by atoms with van der Waals surface area (Å²) < 4.78 is 14.3. The number of ether oxygens (including phenoxy) is 2. The van der Waals surface area contributed by atoms with Crippen molar-refractivity contribution in [2.75, 3.05) is 31.7 Å². The molecule has 3 heterocycles. The molecule has 0 radical (unpaired) electrons. The first-order valence-electron chi connectivity index (χ1n) is 8.96. The van der Waals surface area contributed by atoms with Crippen LogP contribution in [0.5, 0.6) is 11.5 Å². The molecule has 1 aromatic carbocycles. The van der Waals surface area contributed by atoms with E-state index < -0.39 is 0 Å². The molecule has 0 saturated carbocycles. The van der Waals surface area contributed by atoms with E-state index in [9.17, 15) is 0 Å². The smallest absolute Gasteiger partial charge is 0.188 e. The summed E-state index contributed by atoms with van der Waals surface area (Å²) >= 11 is 1.75. The molecule has 7 heteroatoms. The van der Waals surface area contributed by atoms with E-state index in [1.807, 2.05) is 42.9 Å². The first-order chi connectivity index (χ1) is 12.6. The molecule has 26 heavy (non-hydrogen) atoms. The fourth-order valence-corrected chi connectivity index (χ4v) is 4.56. The number of aromatic nitrogens is 3. The zero-order valence-electron chi connectivity index (χ0n) is 15.4. The highest BCUT2D eigenvalue weighted by Crippen LogP contribution is 2.33. The van der Waals surface area contributed by atoms with E-state index >= 15 is 0 Å². The van der Waals surface area contributed by atoms with Crippen LogP contribution >= 0.6 is 11.3 Å². The molecule has 1 saturated heterocycles. The van der Waals surface area contributed by atoms with E-state index in [4.69, 9.17) is 14.5 Å². The highest BCUT2D eigenvalue weighted by Gasteiger charge is 2.24. The molecule has 0 spiro atoms. The van der Waals surface area contributed by atoms with Gasteiger partial charge in [0.05, 0.1) is 24.1 Å². The van der Waals surface area contributed by atoms with Crippen LogP contribution in [0.2, 0.25) is 0 Å². The van der Waals surface area contributed by atoms with Crippen molar-refractivity contribution >= 4 is 26.8 Å². The lowest BCUT2D eigenvalue weighted by molar-refractivity contribution is 0.228. The number of fused-ring (bicyclic) bond motifs is 1. The maximum absolute atomic E-state index is 6.02. The Balaban J connectivity index is 1.42. The minimum atomic E-state index is 0.501. The lowest BCUT2D eigenvalue weighted by Gasteiger charge is -2.32. The number of methoxy groups -OCH3 is 1. The lowest BCUT2D eigenvalue weighted by atomic mass is 9.99. The van der Waals surface area contributed by atoms with Crippen LogP contribution in [0, 0.1) is 12.8 Å². The molecule has 1 unspecified atom stereocenters. The second kappa shape index (κ2) is 7.15. The van der Waals surface area contributed by atoms with Gasteiger partial charge >= 0.3 is 0 Å². The van der Waals surface area contributed by atoms with Crippen molar-refractivity contribution in [3.63, 3.8) is 0 Å². The molecule has 0 aliphatic carbocycles. The second-order valence-corrected chi connectivity index (χ2v) is 7.78. The van der Waals surface area contributed by atoms with Crippen LogP contribution in [0.3, 0.4) is 0 Å². The molecule has 1 aliphatic heterocycles. The average molecular weight is 372 g/mol. The zero-order valence-corrected chi connectivity index (χ0v) is 16.3.